The molecule has 25 heavy (non-hydrogen) atoms. The van der Waals surface area contributed by atoms with E-state index in [4.69, 9.17) is 0 Å². The first-order valence-electron chi connectivity index (χ1n) is 8.27. The third-order valence-electron chi connectivity index (χ3n) is 3.76. The number of hydrogen-bond donors (Lipinski definition) is 3. The number of hydrogen-bond acceptors (Lipinski definition) is 6. The standard InChI is InChI=1S/C19H21N5O/c1-3-13(2)21-19-23-17(16-9-4-5-10-20-16)12-18(24-19)22-14-7-6-8-15(25)11-14/h4-13,25H,3H2,1-2H3,(H2,21,22,23,24)/t13-/m0/s1. The SMILES string of the molecule is CC[C@H](C)Nc1nc(Nc2cccc(O)c2)cc(-c2ccccn2)n1. The molecule has 1 aromatic carbocycles. The predicted molar refractivity (Wildman–Crippen MR) is 100 cm³/mol. The molecule has 0 aliphatic rings. The van der Waals surface area contributed by atoms with Crippen molar-refractivity contribution in [2.24, 2.45) is 0 Å². The van der Waals surface area contributed by atoms with Crippen molar-refractivity contribution in [2.45, 2.75) is 26.3 Å². The van der Waals surface area contributed by atoms with Gasteiger partial charge < -0.3 is 15.7 Å². The van der Waals surface area contributed by atoms with Gasteiger partial charge in [0.15, 0.2) is 0 Å². The average Bonchev–Trinajstić information content (AvgIpc) is 2.62. The van der Waals surface area contributed by atoms with E-state index in [0.29, 0.717) is 11.8 Å². The minimum atomic E-state index is 0.196. The lowest BCUT2D eigenvalue weighted by molar-refractivity contribution is 0.475. The highest BCUT2D eigenvalue weighted by molar-refractivity contribution is 5.65. The molecule has 6 heteroatoms. The van der Waals surface area contributed by atoms with Crippen LogP contribution in [0.5, 0.6) is 5.75 Å². The summed E-state index contributed by atoms with van der Waals surface area (Å²) < 4.78 is 0. The van der Waals surface area contributed by atoms with E-state index < -0.39 is 0 Å². The van der Waals surface area contributed by atoms with Gasteiger partial charge >= 0.3 is 0 Å². The molecule has 1 atom stereocenters. The molecule has 2 heterocycles. The van der Waals surface area contributed by atoms with Crippen LogP contribution in [0.2, 0.25) is 0 Å². The third-order valence-corrected chi connectivity index (χ3v) is 3.76. The van der Waals surface area contributed by atoms with E-state index in [0.717, 1.165) is 23.5 Å². The lowest BCUT2D eigenvalue weighted by Crippen LogP contribution is -2.16. The summed E-state index contributed by atoms with van der Waals surface area (Å²) in [6.45, 7) is 4.19. The predicted octanol–water partition coefficient (Wildman–Crippen LogP) is 4.20. The minimum absolute atomic E-state index is 0.196. The van der Waals surface area contributed by atoms with Gasteiger partial charge in [0.05, 0.1) is 11.4 Å². The number of anilines is 3. The molecule has 3 N–H and O–H groups in total. The number of benzene rings is 1. The first-order chi connectivity index (χ1) is 12.1. The summed E-state index contributed by atoms with van der Waals surface area (Å²) in [7, 11) is 0. The van der Waals surface area contributed by atoms with Crippen LogP contribution in [0.3, 0.4) is 0 Å². The van der Waals surface area contributed by atoms with E-state index in [2.05, 4.69) is 39.4 Å². The molecule has 0 spiro atoms. The Morgan fingerprint density at radius 2 is 1.92 bits per heavy atom. The maximum Gasteiger partial charge on any atom is 0.225 e. The van der Waals surface area contributed by atoms with Crippen LogP contribution in [0.15, 0.2) is 54.7 Å². The molecule has 3 aromatic rings. The van der Waals surface area contributed by atoms with Gasteiger partial charge in [0.2, 0.25) is 5.95 Å². The summed E-state index contributed by atoms with van der Waals surface area (Å²) in [5.74, 6) is 1.37. The third kappa shape index (κ3) is 4.44. The van der Waals surface area contributed by atoms with Gasteiger partial charge in [-0.25, -0.2) is 4.98 Å². The van der Waals surface area contributed by atoms with Gasteiger partial charge in [-0.3, -0.25) is 4.98 Å². The second-order valence-electron chi connectivity index (χ2n) is 5.81. The molecule has 0 radical (unpaired) electrons. The van der Waals surface area contributed by atoms with Crippen molar-refractivity contribution in [3.05, 3.63) is 54.7 Å². The molecular formula is C19H21N5O. The Kier molecular flexibility index (Phi) is 5.09. The lowest BCUT2D eigenvalue weighted by Gasteiger charge is -2.14. The van der Waals surface area contributed by atoms with Gasteiger partial charge in [-0.1, -0.05) is 19.1 Å². The number of phenolic OH excluding ortho intramolecular Hbond substituents is 1. The Bertz CT molecular complexity index is 838. The van der Waals surface area contributed by atoms with Crippen LogP contribution in [-0.2, 0) is 0 Å². The Morgan fingerprint density at radius 1 is 1.04 bits per heavy atom. The van der Waals surface area contributed by atoms with Gasteiger partial charge in [-0.05, 0) is 37.6 Å². The van der Waals surface area contributed by atoms with Crippen LogP contribution in [-0.4, -0.2) is 26.1 Å². The van der Waals surface area contributed by atoms with Gasteiger partial charge in [-0.15, -0.1) is 0 Å². The molecule has 0 unspecified atom stereocenters. The molecule has 0 aliphatic heterocycles. The molecule has 2 aromatic heterocycles. The smallest absolute Gasteiger partial charge is 0.225 e. The second-order valence-corrected chi connectivity index (χ2v) is 5.81. The minimum Gasteiger partial charge on any atom is -0.508 e. The molecule has 6 nitrogen and oxygen atoms in total. The molecule has 128 valence electrons. The van der Waals surface area contributed by atoms with Gasteiger partial charge in [0.1, 0.15) is 11.6 Å². The maximum absolute atomic E-state index is 9.63. The number of phenols is 1. The van der Waals surface area contributed by atoms with Crippen molar-refractivity contribution in [3.8, 4) is 17.1 Å². The zero-order valence-corrected chi connectivity index (χ0v) is 14.3. The molecule has 0 amide bonds. The highest BCUT2D eigenvalue weighted by atomic mass is 16.3. The van der Waals surface area contributed by atoms with E-state index >= 15 is 0 Å². The Balaban J connectivity index is 1.97. The molecule has 0 aliphatic carbocycles. The molecule has 3 rings (SSSR count). The molecule has 0 bridgehead atoms. The number of rotatable bonds is 6. The van der Waals surface area contributed by atoms with Crippen molar-refractivity contribution < 1.29 is 5.11 Å². The zero-order chi connectivity index (χ0) is 17.6. The summed E-state index contributed by atoms with van der Waals surface area (Å²) in [5.41, 5.74) is 2.25. The highest BCUT2D eigenvalue weighted by Gasteiger charge is 2.10. The van der Waals surface area contributed by atoms with Gasteiger partial charge in [-0.2, -0.15) is 4.98 Å². The van der Waals surface area contributed by atoms with Gasteiger partial charge in [0, 0.05) is 30.1 Å². The quantitative estimate of drug-likeness (QED) is 0.626. The maximum atomic E-state index is 9.63. The Labute approximate surface area is 147 Å². The normalized spacial score (nSPS) is 11.8. The van der Waals surface area contributed by atoms with E-state index in [9.17, 15) is 5.11 Å². The average molecular weight is 335 g/mol. The number of aromatic hydroxyl groups is 1. The number of nitrogens with one attached hydrogen (secondary N) is 2. The molecule has 0 saturated heterocycles. The summed E-state index contributed by atoms with van der Waals surface area (Å²) in [4.78, 5) is 13.5. The zero-order valence-electron chi connectivity index (χ0n) is 14.3. The Morgan fingerprint density at radius 3 is 2.64 bits per heavy atom. The monoisotopic (exact) mass is 335 g/mol. The van der Waals surface area contributed by atoms with Crippen molar-refractivity contribution in [1.82, 2.24) is 15.0 Å². The van der Waals surface area contributed by atoms with Crippen LogP contribution in [0.25, 0.3) is 11.4 Å². The van der Waals surface area contributed by atoms with Crippen LogP contribution in [0.1, 0.15) is 20.3 Å². The topological polar surface area (TPSA) is 83.0 Å². The van der Waals surface area contributed by atoms with Gasteiger partial charge in [0.25, 0.3) is 0 Å². The van der Waals surface area contributed by atoms with E-state index in [1.807, 2.05) is 30.3 Å². The fraction of sp³-hybridized carbons (Fsp3) is 0.211. The lowest BCUT2D eigenvalue weighted by atomic mass is 10.2. The van der Waals surface area contributed by atoms with Crippen molar-refractivity contribution in [2.75, 3.05) is 10.6 Å². The molecular weight excluding hydrogens is 314 g/mol. The molecule has 0 saturated carbocycles. The van der Waals surface area contributed by atoms with E-state index in [-0.39, 0.29) is 11.8 Å². The van der Waals surface area contributed by atoms with Crippen LogP contribution in [0, 0.1) is 0 Å². The van der Waals surface area contributed by atoms with E-state index in [1.165, 1.54) is 0 Å². The first kappa shape index (κ1) is 16.7. The summed E-state index contributed by atoms with van der Waals surface area (Å²) in [6, 6.07) is 14.7. The van der Waals surface area contributed by atoms with Crippen molar-refractivity contribution in [1.29, 1.82) is 0 Å². The molecule has 0 fully saturated rings. The van der Waals surface area contributed by atoms with E-state index in [1.54, 1.807) is 24.4 Å². The van der Waals surface area contributed by atoms with Crippen molar-refractivity contribution >= 4 is 17.5 Å². The van der Waals surface area contributed by atoms with Crippen molar-refractivity contribution in [3.63, 3.8) is 0 Å². The summed E-state index contributed by atoms with van der Waals surface area (Å²) in [6.07, 6.45) is 2.70. The fourth-order valence-electron chi connectivity index (χ4n) is 2.28. The Hall–Kier alpha value is -3.15. The fourth-order valence-corrected chi connectivity index (χ4v) is 2.28. The summed E-state index contributed by atoms with van der Waals surface area (Å²) in [5, 5.41) is 16.1. The van der Waals surface area contributed by atoms with Crippen LogP contribution < -0.4 is 10.6 Å². The number of nitrogens with zero attached hydrogens (tertiary/aromatic N) is 3. The number of pyridine rings is 1. The largest absolute Gasteiger partial charge is 0.508 e. The first-order valence-corrected chi connectivity index (χ1v) is 8.27. The van der Waals surface area contributed by atoms with Crippen LogP contribution in [0.4, 0.5) is 17.5 Å². The van der Waals surface area contributed by atoms with Crippen LogP contribution >= 0.6 is 0 Å². The number of aromatic nitrogens is 3. The second kappa shape index (κ2) is 7.61. The highest BCUT2D eigenvalue weighted by Crippen LogP contribution is 2.24. The summed E-state index contributed by atoms with van der Waals surface area (Å²) >= 11 is 0.